The molecule has 1 aromatic rings. The van der Waals surface area contributed by atoms with Gasteiger partial charge in [-0.2, -0.15) is 10.1 Å². The summed E-state index contributed by atoms with van der Waals surface area (Å²) in [5.74, 6) is 1.32. The van der Waals surface area contributed by atoms with Crippen molar-refractivity contribution in [2.75, 3.05) is 12.3 Å². The fraction of sp³-hybridized carbons (Fsp3) is 0.750. The summed E-state index contributed by atoms with van der Waals surface area (Å²) in [5.41, 5.74) is 5.61. The second kappa shape index (κ2) is 3.33. The summed E-state index contributed by atoms with van der Waals surface area (Å²) < 4.78 is 1.62. The van der Waals surface area contributed by atoms with Gasteiger partial charge in [0.25, 0.3) is 0 Å². The van der Waals surface area contributed by atoms with E-state index in [0.717, 1.165) is 18.8 Å². The van der Waals surface area contributed by atoms with Crippen LogP contribution in [0.1, 0.15) is 31.1 Å². The zero-order chi connectivity index (χ0) is 9.26. The van der Waals surface area contributed by atoms with Crippen LogP contribution < -0.4 is 11.1 Å². The van der Waals surface area contributed by atoms with E-state index in [4.69, 9.17) is 5.73 Å². The first kappa shape index (κ1) is 8.50. The van der Waals surface area contributed by atoms with Crippen LogP contribution in [0.25, 0.3) is 0 Å². The van der Waals surface area contributed by atoms with Gasteiger partial charge >= 0.3 is 0 Å². The lowest BCUT2D eigenvalue weighted by Crippen LogP contribution is -2.27. The van der Waals surface area contributed by atoms with E-state index in [1.165, 1.54) is 12.8 Å². The number of hydrogen-bond donors (Lipinski definition) is 2. The van der Waals surface area contributed by atoms with Crippen LogP contribution in [-0.2, 0) is 7.05 Å². The molecule has 13 heavy (non-hydrogen) atoms. The number of nitrogens with one attached hydrogen (secondary N) is 1. The van der Waals surface area contributed by atoms with Gasteiger partial charge in [0, 0.05) is 7.05 Å². The molecule has 0 spiro atoms. The van der Waals surface area contributed by atoms with Crippen molar-refractivity contribution in [2.24, 2.45) is 7.05 Å². The smallest absolute Gasteiger partial charge is 0.218 e. The van der Waals surface area contributed by atoms with Gasteiger partial charge in [-0.3, -0.25) is 0 Å². The molecule has 1 atom stereocenters. The second-order valence-electron chi connectivity index (χ2n) is 3.45. The maximum atomic E-state index is 5.61. The molecule has 2 rings (SSSR count). The summed E-state index contributed by atoms with van der Waals surface area (Å²) in [6, 6.07) is 0.303. The number of aromatic nitrogens is 3. The average Bonchev–Trinajstić information content (AvgIpc) is 2.49. The molecule has 0 radical (unpaired) electrons. The Morgan fingerprint density at radius 1 is 1.54 bits per heavy atom. The van der Waals surface area contributed by atoms with Gasteiger partial charge in [0.15, 0.2) is 5.82 Å². The quantitative estimate of drug-likeness (QED) is 0.650. The van der Waals surface area contributed by atoms with E-state index in [0.29, 0.717) is 12.0 Å². The molecule has 72 valence electrons. The molecule has 1 aliphatic rings. The molecule has 0 aliphatic carbocycles. The predicted molar refractivity (Wildman–Crippen MR) is 50.0 cm³/mol. The highest BCUT2D eigenvalue weighted by Gasteiger charge is 2.19. The van der Waals surface area contributed by atoms with Gasteiger partial charge in [-0.05, 0) is 19.4 Å². The molecule has 1 aromatic heterocycles. The maximum Gasteiger partial charge on any atom is 0.218 e. The van der Waals surface area contributed by atoms with Gasteiger partial charge < -0.3 is 11.1 Å². The Balaban J connectivity index is 2.14. The molecule has 0 bridgehead atoms. The molecule has 1 aliphatic heterocycles. The zero-order valence-electron chi connectivity index (χ0n) is 7.82. The van der Waals surface area contributed by atoms with E-state index in [1.54, 1.807) is 4.68 Å². The predicted octanol–water partition coefficient (Wildman–Crippen LogP) is 0.212. The lowest BCUT2D eigenvalue weighted by atomic mass is 10.0. The van der Waals surface area contributed by atoms with Gasteiger partial charge in [0.05, 0.1) is 6.04 Å². The topological polar surface area (TPSA) is 68.8 Å². The standard InChI is InChI=1S/C8H15N5/c1-13-8(9)11-7(12-13)6-4-2-3-5-10-6/h6,10H,2-5H2,1H3,(H2,9,11,12)/t6-/m1/s1. The van der Waals surface area contributed by atoms with Crippen molar-refractivity contribution in [3.63, 3.8) is 0 Å². The number of aryl methyl sites for hydroxylation is 1. The Hall–Kier alpha value is -1.10. The second-order valence-corrected chi connectivity index (χ2v) is 3.45. The lowest BCUT2D eigenvalue weighted by Gasteiger charge is -2.20. The maximum absolute atomic E-state index is 5.61. The van der Waals surface area contributed by atoms with Gasteiger partial charge in [-0.15, -0.1) is 0 Å². The van der Waals surface area contributed by atoms with Crippen LogP contribution in [0, 0.1) is 0 Å². The number of rotatable bonds is 1. The molecule has 0 saturated carbocycles. The van der Waals surface area contributed by atoms with Crippen LogP contribution in [-0.4, -0.2) is 21.3 Å². The van der Waals surface area contributed by atoms with E-state index in [2.05, 4.69) is 15.4 Å². The third kappa shape index (κ3) is 1.65. The molecule has 3 N–H and O–H groups in total. The minimum absolute atomic E-state index is 0.303. The first-order valence-corrected chi connectivity index (χ1v) is 4.67. The lowest BCUT2D eigenvalue weighted by molar-refractivity contribution is 0.396. The molecular weight excluding hydrogens is 166 g/mol. The molecule has 0 amide bonds. The zero-order valence-corrected chi connectivity index (χ0v) is 7.82. The molecule has 0 unspecified atom stereocenters. The summed E-state index contributed by atoms with van der Waals surface area (Å²) in [6.45, 7) is 1.06. The number of nitrogen functional groups attached to an aromatic ring is 1. The first-order valence-electron chi connectivity index (χ1n) is 4.67. The Bertz CT molecular complexity index is 267. The molecule has 1 fully saturated rings. The fourth-order valence-corrected chi connectivity index (χ4v) is 1.64. The van der Waals surface area contributed by atoms with Crippen molar-refractivity contribution in [1.82, 2.24) is 20.1 Å². The molecule has 2 heterocycles. The summed E-state index contributed by atoms with van der Waals surface area (Å²) in [5, 5.41) is 7.63. The largest absolute Gasteiger partial charge is 0.368 e. The van der Waals surface area contributed by atoms with Crippen molar-refractivity contribution in [2.45, 2.75) is 25.3 Å². The number of anilines is 1. The summed E-state index contributed by atoms with van der Waals surface area (Å²) in [7, 11) is 1.81. The monoisotopic (exact) mass is 181 g/mol. The van der Waals surface area contributed by atoms with Crippen LogP contribution >= 0.6 is 0 Å². The Morgan fingerprint density at radius 2 is 2.38 bits per heavy atom. The normalized spacial score (nSPS) is 23.3. The Labute approximate surface area is 77.3 Å². The average molecular weight is 181 g/mol. The number of hydrogen-bond acceptors (Lipinski definition) is 4. The summed E-state index contributed by atoms with van der Waals surface area (Å²) in [4.78, 5) is 4.20. The SMILES string of the molecule is Cn1nc([C@H]2CCCCN2)nc1N. The van der Waals surface area contributed by atoms with E-state index in [9.17, 15) is 0 Å². The highest BCUT2D eigenvalue weighted by atomic mass is 15.4. The Morgan fingerprint density at radius 3 is 2.92 bits per heavy atom. The van der Waals surface area contributed by atoms with Gasteiger partial charge in [0.1, 0.15) is 0 Å². The van der Waals surface area contributed by atoms with Crippen molar-refractivity contribution >= 4 is 5.95 Å². The minimum atomic E-state index is 0.303. The highest BCUT2D eigenvalue weighted by molar-refractivity contribution is 5.16. The van der Waals surface area contributed by atoms with E-state index >= 15 is 0 Å². The van der Waals surface area contributed by atoms with Crippen LogP contribution in [0.4, 0.5) is 5.95 Å². The Kier molecular flexibility index (Phi) is 2.18. The summed E-state index contributed by atoms with van der Waals surface area (Å²) in [6.07, 6.45) is 3.61. The van der Waals surface area contributed by atoms with Crippen molar-refractivity contribution < 1.29 is 0 Å². The van der Waals surface area contributed by atoms with E-state index < -0.39 is 0 Å². The highest BCUT2D eigenvalue weighted by Crippen LogP contribution is 2.20. The van der Waals surface area contributed by atoms with Gasteiger partial charge in [0.2, 0.25) is 5.95 Å². The molecule has 5 nitrogen and oxygen atoms in total. The van der Waals surface area contributed by atoms with Crippen LogP contribution in [0.3, 0.4) is 0 Å². The van der Waals surface area contributed by atoms with Crippen LogP contribution in [0.2, 0.25) is 0 Å². The third-order valence-corrected chi connectivity index (χ3v) is 2.44. The molecule has 0 aromatic carbocycles. The van der Waals surface area contributed by atoms with Gasteiger partial charge in [-0.1, -0.05) is 6.42 Å². The molecular formula is C8H15N5. The summed E-state index contributed by atoms with van der Waals surface area (Å²) >= 11 is 0. The number of nitrogens with two attached hydrogens (primary N) is 1. The van der Waals surface area contributed by atoms with Crippen LogP contribution in [0.5, 0.6) is 0 Å². The minimum Gasteiger partial charge on any atom is -0.368 e. The van der Waals surface area contributed by atoms with E-state index in [-0.39, 0.29) is 0 Å². The van der Waals surface area contributed by atoms with Crippen LogP contribution in [0.15, 0.2) is 0 Å². The van der Waals surface area contributed by atoms with E-state index in [1.807, 2.05) is 7.05 Å². The molecule has 5 heteroatoms. The first-order chi connectivity index (χ1) is 6.27. The van der Waals surface area contributed by atoms with Crippen molar-refractivity contribution in [1.29, 1.82) is 0 Å². The fourth-order valence-electron chi connectivity index (χ4n) is 1.64. The van der Waals surface area contributed by atoms with Gasteiger partial charge in [-0.25, -0.2) is 4.68 Å². The molecule has 1 saturated heterocycles. The van der Waals surface area contributed by atoms with Crippen molar-refractivity contribution in [3.05, 3.63) is 5.82 Å². The number of nitrogens with zero attached hydrogens (tertiary/aromatic N) is 3. The number of piperidine rings is 1. The third-order valence-electron chi connectivity index (χ3n) is 2.44. The van der Waals surface area contributed by atoms with Crippen molar-refractivity contribution in [3.8, 4) is 0 Å².